The molecule has 1 aromatic heterocycles. The van der Waals surface area contributed by atoms with Crippen LogP contribution in [0.2, 0.25) is 0 Å². The Morgan fingerprint density at radius 1 is 1.14 bits per heavy atom. The number of rotatable bonds is 6. The van der Waals surface area contributed by atoms with Gasteiger partial charge in [0.15, 0.2) is 0 Å². The van der Waals surface area contributed by atoms with Gasteiger partial charge in [-0.05, 0) is 44.0 Å². The molecule has 184 valence electrons. The standard InChI is InChI=1S/C25H30N6O3S/c1-16-19(15-26)7-6-8-20(16)17(2)27-25-21-13-23(24(34-4)14-22(21)28-18(3)29-25)30-9-11-31(12-10-30)35(5,32)33/h6-8,13-14,17H,9-12H2,1-5H3,(H,27,28,29)/t17-/m1/s1. The van der Waals surface area contributed by atoms with Gasteiger partial charge in [0.1, 0.15) is 17.4 Å². The first-order valence-electron chi connectivity index (χ1n) is 11.4. The van der Waals surface area contributed by atoms with E-state index in [1.165, 1.54) is 10.6 Å². The van der Waals surface area contributed by atoms with Crippen molar-refractivity contribution in [1.82, 2.24) is 14.3 Å². The van der Waals surface area contributed by atoms with Gasteiger partial charge in [-0.1, -0.05) is 12.1 Å². The van der Waals surface area contributed by atoms with E-state index in [9.17, 15) is 13.7 Å². The van der Waals surface area contributed by atoms with Crippen molar-refractivity contribution in [2.45, 2.75) is 26.8 Å². The molecule has 0 spiro atoms. The normalized spacial score (nSPS) is 15.6. The van der Waals surface area contributed by atoms with Crippen LogP contribution in [0.5, 0.6) is 5.75 Å². The Balaban J connectivity index is 1.72. The zero-order valence-corrected chi connectivity index (χ0v) is 21.5. The van der Waals surface area contributed by atoms with Crippen molar-refractivity contribution >= 4 is 32.4 Å². The molecule has 10 heteroatoms. The second-order valence-corrected chi connectivity index (χ2v) is 10.8. The molecule has 4 rings (SSSR count). The number of ether oxygens (including phenoxy) is 1. The van der Waals surface area contributed by atoms with Crippen LogP contribution in [-0.4, -0.2) is 62.2 Å². The van der Waals surface area contributed by atoms with Crippen molar-refractivity contribution in [3.05, 3.63) is 52.8 Å². The summed E-state index contributed by atoms with van der Waals surface area (Å²) < 4.78 is 31.0. The van der Waals surface area contributed by atoms with Crippen molar-refractivity contribution in [2.24, 2.45) is 0 Å². The number of aryl methyl sites for hydroxylation is 1. The molecule has 9 nitrogen and oxygen atoms in total. The van der Waals surface area contributed by atoms with Crippen LogP contribution in [0, 0.1) is 25.2 Å². The predicted octanol–water partition coefficient (Wildman–Crippen LogP) is 3.38. The number of piperazine rings is 1. The van der Waals surface area contributed by atoms with Crippen molar-refractivity contribution in [2.75, 3.05) is 49.8 Å². The molecule has 3 aromatic rings. The van der Waals surface area contributed by atoms with Gasteiger partial charge in [0.25, 0.3) is 0 Å². The van der Waals surface area contributed by atoms with Gasteiger partial charge in [-0.3, -0.25) is 0 Å². The van der Waals surface area contributed by atoms with Gasteiger partial charge in [-0.2, -0.15) is 9.57 Å². The second kappa shape index (κ2) is 9.68. The number of nitrogens with zero attached hydrogens (tertiary/aromatic N) is 5. The highest BCUT2D eigenvalue weighted by Gasteiger charge is 2.26. The molecule has 0 amide bonds. The van der Waals surface area contributed by atoms with E-state index in [-0.39, 0.29) is 6.04 Å². The van der Waals surface area contributed by atoms with Gasteiger partial charge in [0.05, 0.1) is 42.2 Å². The molecule has 2 aromatic carbocycles. The van der Waals surface area contributed by atoms with E-state index in [2.05, 4.69) is 21.3 Å². The first-order chi connectivity index (χ1) is 16.6. The third-order valence-electron chi connectivity index (χ3n) is 6.47. The van der Waals surface area contributed by atoms with Crippen LogP contribution in [0.4, 0.5) is 11.5 Å². The zero-order valence-electron chi connectivity index (χ0n) is 20.7. The Hall–Kier alpha value is -3.42. The summed E-state index contributed by atoms with van der Waals surface area (Å²) >= 11 is 0. The molecule has 2 heterocycles. The van der Waals surface area contributed by atoms with E-state index < -0.39 is 10.0 Å². The number of fused-ring (bicyclic) bond motifs is 1. The van der Waals surface area contributed by atoms with Crippen LogP contribution in [-0.2, 0) is 10.0 Å². The minimum Gasteiger partial charge on any atom is -0.495 e. The third-order valence-corrected chi connectivity index (χ3v) is 7.78. The molecule has 1 saturated heterocycles. The average molecular weight is 495 g/mol. The lowest BCUT2D eigenvalue weighted by atomic mass is 9.98. The summed E-state index contributed by atoms with van der Waals surface area (Å²) in [6.07, 6.45) is 1.24. The van der Waals surface area contributed by atoms with Crippen molar-refractivity contribution in [3.8, 4) is 11.8 Å². The van der Waals surface area contributed by atoms with Crippen LogP contribution in [0.15, 0.2) is 30.3 Å². The minimum atomic E-state index is -3.22. The Morgan fingerprint density at radius 3 is 2.49 bits per heavy atom. The molecule has 1 fully saturated rings. The average Bonchev–Trinajstić information content (AvgIpc) is 2.82. The maximum absolute atomic E-state index is 11.9. The number of hydrogen-bond donors (Lipinski definition) is 1. The largest absolute Gasteiger partial charge is 0.495 e. The smallest absolute Gasteiger partial charge is 0.211 e. The zero-order chi connectivity index (χ0) is 25.3. The molecule has 1 aliphatic heterocycles. The first kappa shape index (κ1) is 24.7. The second-order valence-electron chi connectivity index (χ2n) is 8.81. The number of anilines is 2. The lowest BCUT2D eigenvalue weighted by Gasteiger charge is -2.35. The summed E-state index contributed by atoms with van der Waals surface area (Å²) in [5, 5.41) is 13.8. The van der Waals surface area contributed by atoms with Crippen molar-refractivity contribution in [1.29, 1.82) is 5.26 Å². The molecule has 0 aliphatic carbocycles. The summed E-state index contributed by atoms with van der Waals surface area (Å²) in [6.45, 7) is 7.79. The summed E-state index contributed by atoms with van der Waals surface area (Å²) in [5.74, 6) is 2.01. The van der Waals surface area contributed by atoms with E-state index in [0.29, 0.717) is 49.1 Å². The van der Waals surface area contributed by atoms with Crippen molar-refractivity contribution < 1.29 is 13.2 Å². The van der Waals surface area contributed by atoms with E-state index in [1.807, 2.05) is 51.1 Å². The van der Waals surface area contributed by atoms with Crippen LogP contribution in [0.3, 0.4) is 0 Å². The maximum atomic E-state index is 11.9. The molecular formula is C25H30N6O3S. The van der Waals surface area contributed by atoms with E-state index in [1.54, 1.807) is 7.11 Å². The summed E-state index contributed by atoms with van der Waals surface area (Å²) in [5.41, 5.74) is 4.25. The highest BCUT2D eigenvalue weighted by molar-refractivity contribution is 7.88. The molecule has 0 unspecified atom stereocenters. The SMILES string of the molecule is COc1cc2nc(C)nc(N[C@H](C)c3cccc(C#N)c3C)c2cc1N1CCN(S(C)(=O)=O)CC1. The van der Waals surface area contributed by atoms with E-state index in [4.69, 9.17) is 9.72 Å². The van der Waals surface area contributed by atoms with Gasteiger partial charge in [-0.15, -0.1) is 0 Å². The number of methoxy groups -OCH3 is 1. The number of sulfonamides is 1. The molecule has 35 heavy (non-hydrogen) atoms. The first-order valence-corrected chi connectivity index (χ1v) is 13.3. The Kier molecular flexibility index (Phi) is 6.83. The van der Waals surface area contributed by atoms with Gasteiger partial charge in [0, 0.05) is 37.6 Å². The fourth-order valence-electron chi connectivity index (χ4n) is 4.57. The predicted molar refractivity (Wildman–Crippen MR) is 137 cm³/mol. The van der Waals surface area contributed by atoms with E-state index in [0.717, 1.165) is 27.7 Å². The van der Waals surface area contributed by atoms with Crippen LogP contribution < -0.4 is 15.0 Å². The number of aromatic nitrogens is 2. The Labute approximate surface area is 206 Å². The molecule has 0 saturated carbocycles. The monoisotopic (exact) mass is 494 g/mol. The highest BCUT2D eigenvalue weighted by Crippen LogP contribution is 2.36. The van der Waals surface area contributed by atoms with Gasteiger partial charge < -0.3 is 15.0 Å². The van der Waals surface area contributed by atoms with Gasteiger partial charge in [0.2, 0.25) is 10.0 Å². The number of benzene rings is 2. The topological polar surface area (TPSA) is 111 Å². The van der Waals surface area contributed by atoms with Crippen LogP contribution in [0.1, 0.15) is 35.5 Å². The molecule has 1 N–H and O–H groups in total. The van der Waals surface area contributed by atoms with Gasteiger partial charge in [-0.25, -0.2) is 18.4 Å². The fourth-order valence-corrected chi connectivity index (χ4v) is 5.40. The van der Waals surface area contributed by atoms with Crippen LogP contribution >= 0.6 is 0 Å². The van der Waals surface area contributed by atoms with Crippen LogP contribution in [0.25, 0.3) is 10.9 Å². The maximum Gasteiger partial charge on any atom is 0.211 e. The van der Waals surface area contributed by atoms with E-state index >= 15 is 0 Å². The molecule has 1 aliphatic rings. The Morgan fingerprint density at radius 2 is 1.86 bits per heavy atom. The molecular weight excluding hydrogens is 464 g/mol. The number of nitrogens with one attached hydrogen (secondary N) is 1. The molecule has 1 atom stereocenters. The minimum absolute atomic E-state index is 0.0929. The Bertz CT molecular complexity index is 1410. The summed E-state index contributed by atoms with van der Waals surface area (Å²) in [4.78, 5) is 11.4. The third kappa shape index (κ3) is 5.01. The molecule has 0 radical (unpaired) electrons. The highest BCUT2D eigenvalue weighted by atomic mass is 32.2. The lowest BCUT2D eigenvalue weighted by Crippen LogP contribution is -2.48. The lowest BCUT2D eigenvalue weighted by molar-refractivity contribution is 0.381. The quantitative estimate of drug-likeness (QED) is 0.555. The fraction of sp³-hybridized carbons (Fsp3) is 0.400. The summed E-state index contributed by atoms with van der Waals surface area (Å²) in [6, 6.07) is 11.8. The number of nitriles is 1. The summed E-state index contributed by atoms with van der Waals surface area (Å²) in [7, 11) is -1.59. The number of hydrogen-bond acceptors (Lipinski definition) is 8. The van der Waals surface area contributed by atoms with Crippen molar-refractivity contribution in [3.63, 3.8) is 0 Å². The van der Waals surface area contributed by atoms with Gasteiger partial charge >= 0.3 is 0 Å². The molecule has 0 bridgehead atoms.